The average Bonchev–Trinajstić information content (AvgIpc) is 2.05. The summed E-state index contributed by atoms with van der Waals surface area (Å²) in [5.74, 6) is 0. The number of nitroso groups, excluding NO2 is 2. The van der Waals surface area contributed by atoms with Crippen LogP contribution in [0.2, 0.25) is 0 Å². The third-order valence-electron chi connectivity index (χ3n) is 1.39. The summed E-state index contributed by atoms with van der Waals surface area (Å²) in [5.41, 5.74) is 0. The first-order valence-corrected chi connectivity index (χ1v) is 3.03. The number of hydrogen-bond acceptors (Lipinski definition) is 4. The van der Waals surface area contributed by atoms with Crippen LogP contribution in [0.1, 0.15) is 6.42 Å². The monoisotopic (exact) mass is 144 g/mol. The van der Waals surface area contributed by atoms with Crippen molar-refractivity contribution in [3.05, 3.63) is 9.81 Å². The maximum atomic E-state index is 9.93. The Bertz CT molecular complexity index is 125. The molecule has 0 spiro atoms. The lowest BCUT2D eigenvalue weighted by Gasteiger charge is -2.26. The Morgan fingerprint density at radius 2 is 1.50 bits per heavy atom. The van der Waals surface area contributed by atoms with E-state index in [0.717, 1.165) is 6.42 Å². The highest BCUT2D eigenvalue weighted by Gasteiger charge is 2.15. The van der Waals surface area contributed by atoms with Gasteiger partial charge in [-0.2, -0.15) is 0 Å². The van der Waals surface area contributed by atoms with Crippen LogP contribution in [0, 0.1) is 9.81 Å². The highest BCUT2D eigenvalue weighted by Crippen LogP contribution is 2.04. The van der Waals surface area contributed by atoms with E-state index in [9.17, 15) is 9.81 Å². The fraction of sp³-hybridized carbons (Fsp3) is 1.00. The zero-order chi connectivity index (χ0) is 7.40. The molecule has 0 bridgehead atoms. The normalized spacial score (nSPS) is 18.8. The van der Waals surface area contributed by atoms with E-state index in [1.165, 1.54) is 10.0 Å². The van der Waals surface area contributed by atoms with Gasteiger partial charge in [0.05, 0.1) is 10.6 Å². The molecule has 1 aliphatic heterocycles. The van der Waals surface area contributed by atoms with Gasteiger partial charge >= 0.3 is 0 Å². The smallest absolute Gasteiger partial charge is 0.129 e. The summed E-state index contributed by atoms with van der Waals surface area (Å²) in [6.45, 7) is 1.47. The molecule has 6 nitrogen and oxygen atoms in total. The zero-order valence-corrected chi connectivity index (χ0v) is 5.43. The van der Waals surface area contributed by atoms with Crippen LogP contribution in [-0.4, -0.2) is 29.8 Å². The molecule has 1 rings (SSSR count). The Labute approximate surface area is 57.7 Å². The van der Waals surface area contributed by atoms with Crippen LogP contribution in [0.4, 0.5) is 0 Å². The van der Waals surface area contributed by atoms with Crippen molar-refractivity contribution in [2.45, 2.75) is 6.42 Å². The molecule has 0 aromatic carbocycles. The summed E-state index contributed by atoms with van der Waals surface area (Å²) in [4.78, 5) is 19.9. The Morgan fingerprint density at radius 3 is 1.90 bits per heavy atom. The lowest BCUT2D eigenvalue weighted by molar-refractivity contribution is 0.0886. The van der Waals surface area contributed by atoms with Crippen molar-refractivity contribution in [3.63, 3.8) is 0 Å². The van der Waals surface area contributed by atoms with Crippen molar-refractivity contribution in [1.82, 2.24) is 10.0 Å². The minimum atomic E-state index is 0.229. The molecule has 6 heteroatoms. The van der Waals surface area contributed by atoms with E-state index in [2.05, 4.69) is 10.6 Å². The first-order chi connectivity index (χ1) is 4.86. The number of rotatable bonds is 2. The fourth-order valence-electron chi connectivity index (χ4n) is 0.899. The second-order valence-electron chi connectivity index (χ2n) is 2.12. The molecule has 0 aromatic rings. The minimum Gasteiger partial charge on any atom is -0.240 e. The van der Waals surface area contributed by atoms with Crippen molar-refractivity contribution in [1.29, 1.82) is 0 Å². The largest absolute Gasteiger partial charge is 0.240 e. The Balaban J connectivity index is 2.38. The van der Waals surface area contributed by atoms with Gasteiger partial charge in [-0.3, -0.25) is 0 Å². The molecule has 0 saturated carbocycles. The van der Waals surface area contributed by atoms with Gasteiger partial charge in [-0.1, -0.05) is 0 Å². The van der Waals surface area contributed by atoms with Gasteiger partial charge in [0.1, 0.15) is 6.67 Å². The van der Waals surface area contributed by atoms with E-state index in [-0.39, 0.29) is 6.67 Å². The molecule has 1 fully saturated rings. The molecular formula is C4H8N4O2. The summed E-state index contributed by atoms with van der Waals surface area (Å²) >= 11 is 0. The summed E-state index contributed by atoms with van der Waals surface area (Å²) in [7, 11) is 0. The SMILES string of the molecule is O=NN1CCCN(N=O)C1. The molecule has 0 aromatic heterocycles. The standard InChI is InChI=1S/C4H8N4O2/c9-5-7-2-1-3-8(4-7)6-10/h1-4H2. The van der Waals surface area contributed by atoms with Crippen LogP contribution in [0.5, 0.6) is 0 Å². The third-order valence-corrected chi connectivity index (χ3v) is 1.39. The maximum absolute atomic E-state index is 9.93. The average molecular weight is 144 g/mol. The zero-order valence-electron chi connectivity index (χ0n) is 5.43. The molecule has 0 unspecified atom stereocenters. The van der Waals surface area contributed by atoms with E-state index in [1.807, 2.05) is 0 Å². The van der Waals surface area contributed by atoms with E-state index in [4.69, 9.17) is 0 Å². The summed E-state index contributed by atoms with van der Waals surface area (Å²) in [5, 5.41) is 7.91. The second kappa shape index (κ2) is 3.09. The van der Waals surface area contributed by atoms with E-state index in [0.29, 0.717) is 13.1 Å². The molecule has 10 heavy (non-hydrogen) atoms. The quantitative estimate of drug-likeness (QED) is 0.523. The molecule has 56 valence electrons. The Morgan fingerprint density at radius 1 is 1.00 bits per heavy atom. The second-order valence-corrected chi connectivity index (χ2v) is 2.12. The summed E-state index contributed by atoms with van der Waals surface area (Å²) in [6, 6.07) is 0. The molecule has 1 heterocycles. The molecule has 1 aliphatic rings. The number of nitrogens with zero attached hydrogens (tertiary/aromatic N) is 4. The summed E-state index contributed by atoms with van der Waals surface area (Å²) < 4.78 is 0. The van der Waals surface area contributed by atoms with Crippen molar-refractivity contribution in [2.24, 2.45) is 10.6 Å². The Hall–Kier alpha value is -1.20. The van der Waals surface area contributed by atoms with Crippen molar-refractivity contribution in [3.8, 4) is 0 Å². The van der Waals surface area contributed by atoms with Crippen LogP contribution in [-0.2, 0) is 0 Å². The van der Waals surface area contributed by atoms with Crippen molar-refractivity contribution in [2.75, 3.05) is 19.8 Å². The maximum Gasteiger partial charge on any atom is 0.129 e. The van der Waals surface area contributed by atoms with Gasteiger partial charge in [0, 0.05) is 13.1 Å². The Kier molecular flexibility index (Phi) is 2.14. The van der Waals surface area contributed by atoms with Crippen molar-refractivity contribution >= 4 is 0 Å². The van der Waals surface area contributed by atoms with Crippen LogP contribution in [0.3, 0.4) is 0 Å². The summed E-state index contributed by atoms with van der Waals surface area (Å²) in [6.07, 6.45) is 0.761. The van der Waals surface area contributed by atoms with Crippen LogP contribution in [0.15, 0.2) is 10.6 Å². The molecule has 0 aliphatic carbocycles. The molecule has 0 radical (unpaired) electrons. The highest BCUT2D eigenvalue weighted by molar-refractivity contribution is 4.61. The van der Waals surface area contributed by atoms with E-state index < -0.39 is 0 Å². The van der Waals surface area contributed by atoms with Gasteiger partial charge in [0.25, 0.3) is 0 Å². The molecule has 0 amide bonds. The van der Waals surface area contributed by atoms with Crippen LogP contribution in [0.25, 0.3) is 0 Å². The lowest BCUT2D eigenvalue weighted by atomic mass is 10.3. The minimum absolute atomic E-state index is 0.229. The fourth-order valence-corrected chi connectivity index (χ4v) is 0.899. The van der Waals surface area contributed by atoms with Gasteiger partial charge in [-0.05, 0) is 6.42 Å². The first-order valence-electron chi connectivity index (χ1n) is 3.03. The predicted octanol–water partition coefficient (Wildman–Crippen LogP) is 0.314. The highest BCUT2D eigenvalue weighted by atomic mass is 16.3. The topological polar surface area (TPSA) is 65.3 Å². The van der Waals surface area contributed by atoms with Gasteiger partial charge in [-0.15, -0.1) is 9.81 Å². The molecule has 0 N–H and O–H groups in total. The molecular weight excluding hydrogens is 136 g/mol. The van der Waals surface area contributed by atoms with E-state index >= 15 is 0 Å². The van der Waals surface area contributed by atoms with Crippen LogP contribution >= 0.6 is 0 Å². The van der Waals surface area contributed by atoms with Gasteiger partial charge in [-0.25, -0.2) is 10.0 Å². The molecule has 0 atom stereocenters. The first kappa shape index (κ1) is 6.91. The molecule has 1 saturated heterocycles. The van der Waals surface area contributed by atoms with Crippen molar-refractivity contribution < 1.29 is 0 Å². The number of hydrogen-bond donors (Lipinski definition) is 0. The van der Waals surface area contributed by atoms with Gasteiger partial charge < -0.3 is 0 Å². The predicted molar refractivity (Wildman–Crippen MR) is 34.5 cm³/mol. The van der Waals surface area contributed by atoms with Gasteiger partial charge in [0.15, 0.2) is 0 Å². The third kappa shape index (κ3) is 1.40. The van der Waals surface area contributed by atoms with Gasteiger partial charge in [0.2, 0.25) is 0 Å². The lowest BCUT2D eigenvalue weighted by Crippen LogP contribution is -2.38. The van der Waals surface area contributed by atoms with Crippen LogP contribution < -0.4 is 0 Å². The van der Waals surface area contributed by atoms with E-state index in [1.54, 1.807) is 0 Å².